The summed E-state index contributed by atoms with van der Waals surface area (Å²) in [6.07, 6.45) is 2.19. The summed E-state index contributed by atoms with van der Waals surface area (Å²) in [4.78, 5) is 0. The highest BCUT2D eigenvalue weighted by atomic mass is 79.9. The van der Waals surface area contributed by atoms with Crippen LogP contribution in [0.25, 0.3) is 11.6 Å². The van der Waals surface area contributed by atoms with Crippen molar-refractivity contribution in [2.24, 2.45) is 0 Å². The van der Waals surface area contributed by atoms with Crippen molar-refractivity contribution in [1.29, 1.82) is 0 Å². The molecule has 0 atom stereocenters. The molecule has 0 aliphatic heterocycles. The number of allylic oxidation sites excluding steroid dienone is 1. The standard InChI is InChI=1S/C22H19BrO/c23-16-21(20-11-5-2-6-12-20)14-19-10-7-13-22(15-19)24-17-18-8-3-1-4-9-18/h1-15H,16-17H2/b21-14-. The molecule has 0 radical (unpaired) electrons. The molecule has 0 N–H and O–H groups in total. The summed E-state index contributed by atoms with van der Waals surface area (Å²) in [6.45, 7) is 0.581. The van der Waals surface area contributed by atoms with Crippen molar-refractivity contribution < 1.29 is 4.74 Å². The van der Waals surface area contributed by atoms with E-state index in [9.17, 15) is 0 Å². The summed E-state index contributed by atoms with van der Waals surface area (Å²) >= 11 is 3.59. The third kappa shape index (κ3) is 4.59. The Hall–Kier alpha value is -2.32. The molecule has 0 heterocycles. The zero-order valence-electron chi connectivity index (χ0n) is 13.4. The highest BCUT2D eigenvalue weighted by Crippen LogP contribution is 2.23. The van der Waals surface area contributed by atoms with E-state index in [0.29, 0.717) is 6.61 Å². The van der Waals surface area contributed by atoms with Crippen LogP contribution in [0.1, 0.15) is 16.7 Å². The number of benzene rings is 3. The lowest BCUT2D eigenvalue weighted by Crippen LogP contribution is -1.95. The molecule has 0 amide bonds. The smallest absolute Gasteiger partial charge is 0.120 e. The minimum absolute atomic E-state index is 0.581. The van der Waals surface area contributed by atoms with Gasteiger partial charge in [-0.1, -0.05) is 94.8 Å². The van der Waals surface area contributed by atoms with Crippen LogP contribution in [-0.2, 0) is 6.61 Å². The zero-order valence-corrected chi connectivity index (χ0v) is 14.9. The minimum Gasteiger partial charge on any atom is -0.489 e. The second-order valence-electron chi connectivity index (χ2n) is 5.52. The molecule has 0 aliphatic carbocycles. The summed E-state index contributed by atoms with van der Waals surface area (Å²) in [5.74, 6) is 0.884. The van der Waals surface area contributed by atoms with Crippen LogP contribution in [0.3, 0.4) is 0 Å². The van der Waals surface area contributed by atoms with Gasteiger partial charge in [-0.2, -0.15) is 0 Å². The van der Waals surface area contributed by atoms with Gasteiger partial charge in [-0.3, -0.25) is 0 Å². The van der Waals surface area contributed by atoms with Gasteiger partial charge >= 0.3 is 0 Å². The first kappa shape index (κ1) is 16.5. The fraction of sp³-hybridized carbons (Fsp3) is 0.0909. The van der Waals surface area contributed by atoms with Crippen LogP contribution >= 0.6 is 15.9 Å². The molecule has 3 rings (SSSR count). The second kappa shape index (κ2) is 8.51. The van der Waals surface area contributed by atoms with E-state index in [-0.39, 0.29) is 0 Å². The molecular weight excluding hydrogens is 360 g/mol. The van der Waals surface area contributed by atoms with Crippen molar-refractivity contribution in [2.75, 3.05) is 5.33 Å². The van der Waals surface area contributed by atoms with Gasteiger partial charge in [0.2, 0.25) is 0 Å². The van der Waals surface area contributed by atoms with Crippen LogP contribution in [0.15, 0.2) is 84.9 Å². The summed E-state index contributed by atoms with van der Waals surface area (Å²) in [5.41, 5.74) is 4.78. The maximum Gasteiger partial charge on any atom is 0.120 e. The van der Waals surface area contributed by atoms with Gasteiger partial charge < -0.3 is 4.74 Å². The monoisotopic (exact) mass is 378 g/mol. The van der Waals surface area contributed by atoms with Crippen LogP contribution in [0.2, 0.25) is 0 Å². The van der Waals surface area contributed by atoms with Gasteiger partial charge in [0.15, 0.2) is 0 Å². The molecule has 3 aromatic rings. The van der Waals surface area contributed by atoms with Crippen molar-refractivity contribution in [3.63, 3.8) is 0 Å². The predicted molar refractivity (Wildman–Crippen MR) is 105 cm³/mol. The Morgan fingerprint density at radius 3 is 2.25 bits per heavy atom. The predicted octanol–water partition coefficient (Wildman–Crippen LogP) is 6.20. The zero-order chi connectivity index (χ0) is 16.6. The molecule has 0 fully saturated rings. The molecule has 0 unspecified atom stereocenters. The van der Waals surface area contributed by atoms with Gasteiger partial charge in [-0.25, -0.2) is 0 Å². The van der Waals surface area contributed by atoms with Crippen LogP contribution in [0.5, 0.6) is 5.75 Å². The average Bonchev–Trinajstić information content (AvgIpc) is 2.66. The Balaban J connectivity index is 1.76. The number of ether oxygens (including phenoxy) is 1. The Morgan fingerprint density at radius 1 is 0.833 bits per heavy atom. The number of hydrogen-bond donors (Lipinski definition) is 0. The van der Waals surface area contributed by atoms with E-state index in [2.05, 4.69) is 70.5 Å². The second-order valence-corrected chi connectivity index (χ2v) is 6.08. The number of hydrogen-bond acceptors (Lipinski definition) is 1. The largest absolute Gasteiger partial charge is 0.489 e. The molecule has 0 saturated carbocycles. The van der Waals surface area contributed by atoms with Crippen molar-refractivity contribution >= 4 is 27.6 Å². The summed E-state index contributed by atoms with van der Waals surface area (Å²) in [7, 11) is 0. The van der Waals surface area contributed by atoms with Crippen molar-refractivity contribution in [1.82, 2.24) is 0 Å². The van der Waals surface area contributed by atoms with Crippen LogP contribution in [0.4, 0.5) is 0 Å². The molecule has 2 heteroatoms. The van der Waals surface area contributed by atoms with E-state index in [0.717, 1.165) is 16.6 Å². The lowest BCUT2D eigenvalue weighted by atomic mass is 10.0. The summed E-state index contributed by atoms with van der Waals surface area (Å²) in [5, 5.41) is 0.812. The van der Waals surface area contributed by atoms with E-state index in [1.54, 1.807) is 0 Å². The maximum atomic E-state index is 5.91. The molecule has 0 spiro atoms. The molecule has 120 valence electrons. The van der Waals surface area contributed by atoms with Gasteiger partial charge in [0.25, 0.3) is 0 Å². The molecule has 0 bridgehead atoms. The van der Waals surface area contributed by atoms with Crippen LogP contribution in [0, 0.1) is 0 Å². The lowest BCUT2D eigenvalue weighted by Gasteiger charge is -2.08. The van der Waals surface area contributed by atoms with E-state index in [4.69, 9.17) is 4.74 Å². The van der Waals surface area contributed by atoms with Gasteiger partial charge in [0.05, 0.1) is 0 Å². The Kier molecular flexibility index (Phi) is 5.86. The summed E-state index contributed by atoms with van der Waals surface area (Å²) < 4.78 is 5.91. The first-order valence-electron chi connectivity index (χ1n) is 7.94. The first-order valence-corrected chi connectivity index (χ1v) is 9.06. The molecular formula is C22H19BrO. The third-order valence-electron chi connectivity index (χ3n) is 3.74. The van der Waals surface area contributed by atoms with E-state index < -0.39 is 0 Å². The van der Waals surface area contributed by atoms with Gasteiger partial charge in [-0.05, 0) is 34.4 Å². The number of halogens is 1. The lowest BCUT2D eigenvalue weighted by molar-refractivity contribution is 0.306. The maximum absolute atomic E-state index is 5.91. The Bertz CT molecular complexity index is 794. The first-order chi connectivity index (χ1) is 11.8. The Morgan fingerprint density at radius 2 is 1.54 bits per heavy atom. The minimum atomic E-state index is 0.581. The quantitative estimate of drug-likeness (QED) is 0.366. The Labute approximate surface area is 151 Å². The van der Waals surface area contributed by atoms with Crippen molar-refractivity contribution in [3.8, 4) is 5.75 Å². The topological polar surface area (TPSA) is 9.23 Å². The fourth-order valence-corrected chi connectivity index (χ4v) is 2.97. The molecule has 3 aromatic carbocycles. The molecule has 0 aliphatic rings. The SMILES string of the molecule is BrC/C(=C/c1cccc(OCc2ccccc2)c1)c1ccccc1. The molecule has 0 saturated heterocycles. The third-order valence-corrected chi connectivity index (χ3v) is 4.34. The van der Waals surface area contributed by atoms with E-state index in [1.165, 1.54) is 16.7 Å². The van der Waals surface area contributed by atoms with Crippen LogP contribution in [-0.4, -0.2) is 5.33 Å². The van der Waals surface area contributed by atoms with Gasteiger partial charge in [0, 0.05) is 5.33 Å². The van der Waals surface area contributed by atoms with Crippen molar-refractivity contribution in [3.05, 3.63) is 102 Å². The summed E-state index contributed by atoms with van der Waals surface area (Å²) in [6, 6.07) is 28.8. The van der Waals surface area contributed by atoms with Gasteiger partial charge in [0.1, 0.15) is 12.4 Å². The van der Waals surface area contributed by atoms with Gasteiger partial charge in [-0.15, -0.1) is 0 Å². The molecule has 24 heavy (non-hydrogen) atoms. The van der Waals surface area contributed by atoms with E-state index in [1.807, 2.05) is 36.4 Å². The normalized spacial score (nSPS) is 11.3. The van der Waals surface area contributed by atoms with Crippen LogP contribution < -0.4 is 4.74 Å². The highest BCUT2D eigenvalue weighted by molar-refractivity contribution is 9.09. The van der Waals surface area contributed by atoms with E-state index >= 15 is 0 Å². The number of rotatable bonds is 6. The number of alkyl halides is 1. The highest BCUT2D eigenvalue weighted by Gasteiger charge is 2.01. The molecule has 0 aromatic heterocycles. The molecule has 1 nitrogen and oxygen atoms in total. The van der Waals surface area contributed by atoms with Crippen molar-refractivity contribution in [2.45, 2.75) is 6.61 Å². The fourth-order valence-electron chi connectivity index (χ4n) is 2.49. The average molecular weight is 379 g/mol.